The first kappa shape index (κ1) is 12.5. The molecule has 0 bridgehead atoms. The molecule has 1 aliphatic rings. The number of H-pyrrole nitrogens is 1. The lowest BCUT2D eigenvalue weighted by Crippen LogP contribution is -2.39. The van der Waals surface area contributed by atoms with Gasteiger partial charge in [0.25, 0.3) is 0 Å². The smallest absolute Gasteiger partial charge is 0.307 e. The van der Waals surface area contributed by atoms with E-state index in [1.54, 1.807) is 0 Å². The highest BCUT2D eigenvalue weighted by Crippen LogP contribution is 2.30. The van der Waals surface area contributed by atoms with Gasteiger partial charge < -0.3 is 10.4 Å². The minimum atomic E-state index is -0.894. The third-order valence-electron chi connectivity index (χ3n) is 3.23. The second-order valence-electron chi connectivity index (χ2n) is 4.38. The number of aromatic nitrogens is 4. The standard InChI is InChI=1S/C10H15N5O3/c16-9(11-5-8-12-14-15-13-8)6-3-1-2-4-7(6)10(17)18/h6-7H,1-5H2,(H,11,16)(H,17,18)(H,12,13,14,15)/t6-,7+/m1/s1. The largest absolute Gasteiger partial charge is 0.481 e. The normalized spacial score (nSPS) is 23.6. The fourth-order valence-corrected chi connectivity index (χ4v) is 2.29. The number of aromatic amines is 1. The van der Waals surface area contributed by atoms with Crippen LogP contribution in [0.4, 0.5) is 0 Å². The van der Waals surface area contributed by atoms with Crippen LogP contribution in [0.5, 0.6) is 0 Å². The maximum atomic E-state index is 11.9. The Labute approximate surface area is 103 Å². The molecule has 1 aromatic rings. The van der Waals surface area contributed by atoms with Gasteiger partial charge in [-0.3, -0.25) is 9.59 Å². The van der Waals surface area contributed by atoms with E-state index in [2.05, 4.69) is 25.9 Å². The van der Waals surface area contributed by atoms with Gasteiger partial charge in [0.1, 0.15) is 0 Å². The highest BCUT2D eigenvalue weighted by atomic mass is 16.4. The maximum absolute atomic E-state index is 11.9. The zero-order chi connectivity index (χ0) is 13.0. The van der Waals surface area contributed by atoms with Crippen molar-refractivity contribution in [1.29, 1.82) is 0 Å². The van der Waals surface area contributed by atoms with Crippen LogP contribution >= 0.6 is 0 Å². The van der Waals surface area contributed by atoms with Crippen molar-refractivity contribution in [3.63, 3.8) is 0 Å². The number of hydrogen-bond acceptors (Lipinski definition) is 5. The Balaban J connectivity index is 1.92. The van der Waals surface area contributed by atoms with E-state index in [1.807, 2.05) is 0 Å². The molecule has 8 nitrogen and oxygen atoms in total. The summed E-state index contributed by atoms with van der Waals surface area (Å²) in [5, 5.41) is 24.8. The quantitative estimate of drug-likeness (QED) is 0.677. The number of amides is 1. The summed E-state index contributed by atoms with van der Waals surface area (Å²) in [6.45, 7) is 0.165. The Kier molecular flexibility index (Phi) is 3.85. The minimum Gasteiger partial charge on any atom is -0.481 e. The molecule has 0 aromatic carbocycles. The van der Waals surface area contributed by atoms with Gasteiger partial charge in [-0.1, -0.05) is 18.1 Å². The van der Waals surface area contributed by atoms with Gasteiger partial charge in [-0.15, -0.1) is 10.2 Å². The van der Waals surface area contributed by atoms with E-state index in [9.17, 15) is 9.59 Å². The van der Waals surface area contributed by atoms with Crippen molar-refractivity contribution in [2.45, 2.75) is 32.2 Å². The van der Waals surface area contributed by atoms with Crippen molar-refractivity contribution in [1.82, 2.24) is 25.9 Å². The van der Waals surface area contributed by atoms with Crippen LogP contribution < -0.4 is 5.32 Å². The van der Waals surface area contributed by atoms with Crippen LogP contribution in [0.25, 0.3) is 0 Å². The molecular formula is C10H15N5O3. The fourth-order valence-electron chi connectivity index (χ4n) is 2.29. The first-order chi connectivity index (χ1) is 8.68. The number of carboxylic acid groups (broad SMARTS) is 1. The minimum absolute atomic E-state index is 0.165. The molecule has 0 spiro atoms. The van der Waals surface area contributed by atoms with Crippen LogP contribution in [0.1, 0.15) is 31.5 Å². The predicted molar refractivity (Wildman–Crippen MR) is 59.1 cm³/mol. The summed E-state index contributed by atoms with van der Waals surface area (Å²) in [5.41, 5.74) is 0. The average molecular weight is 253 g/mol. The molecule has 2 rings (SSSR count). The van der Waals surface area contributed by atoms with E-state index in [1.165, 1.54) is 0 Å². The molecule has 1 saturated carbocycles. The Morgan fingerprint density at radius 1 is 1.33 bits per heavy atom. The lowest BCUT2D eigenvalue weighted by Gasteiger charge is -2.27. The lowest BCUT2D eigenvalue weighted by molar-refractivity contribution is -0.148. The molecule has 0 saturated heterocycles. The Morgan fingerprint density at radius 3 is 2.67 bits per heavy atom. The van der Waals surface area contributed by atoms with E-state index >= 15 is 0 Å². The van der Waals surface area contributed by atoms with Crippen molar-refractivity contribution in [3.05, 3.63) is 5.82 Å². The highest BCUT2D eigenvalue weighted by Gasteiger charge is 2.35. The molecule has 8 heteroatoms. The van der Waals surface area contributed by atoms with E-state index in [0.29, 0.717) is 18.7 Å². The molecule has 1 aliphatic carbocycles. The number of carbonyl (C=O) groups excluding carboxylic acids is 1. The Morgan fingerprint density at radius 2 is 2.06 bits per heavy atom. The van der Waals surface area contributed by atoms with Gasteiger partial charge in [-0.25, -0.2) is 0 Å². The molecule has 3 N–H and O–H groups in total. The maximum Gasteiger partial charge on any atom is 0.307 e. The number of nitrogens with one attached hydrogen (secondary N) is 2. The highest BCUT2D eigenvalue weighted by molar-refractivity contribution is 5.84. The van der Waals surface area contributed by atoms with Crippen LogP contribution in [0.2, 0.25) is 0 Å². The van der Waals surface area contributed by atoms with Crippen LogP contribution in [-0.4, -0.2) is 37.6 Å². The number of aliphatic carboxylic acids is 1. The van der Waals surface area contributed by atoms with Crippen LogP contribution in [0, 0.1) is 11.8 Å². The second kappa shape index (κ2) is 5.56. The number of nitrogens with zero attached hydrogens (tertiary/aromatic N) is 3. The van der Waals surface area contributed by atoms with Crippen molar-refractivity contribution in [2.24, 2.45) is 11.8 Å². The molecule has 1 amide bonds. The van der Waals surface area contributed by atoms with Gasteiger partial charge in [-0.2, -0.15) is 5.21 Å². The molecule has 18 heavy (non-hydrogen) atoms. The summed E-state index contributed by atoms with van der Waals surface area (Å²) in [6, 6.07) is 0. The summed E-state index contributed by atoms with van der Waals surface area (Å²) >= 11 is 0. The predicted octanol–water partition coefficient (Wildman–Crippen LogP) is -0.293. The topological polar surface area (TPSA) is 121 Å². The summed E-state index contributed by atoms with van der Waals surface area (Å²) in [6.07, 6.45) is 2.94. The molecule has 0 radical (unpaired) electrons. The van der Waals surface area contributed by atoms with Crippen molar-refractivity contribution in [3.8, 4) is 0 Å². The second-order valence-corrected chi connectivity index (χ2v) is 4.38. The monoisotopic (exact) mass is 253 g/mol. The first-order valence-corrected chi connectivity index (χ1v) is 5.91. The first-order valence-electron chi connectivity index (χ1n) is 5.91. The van der Waals surface area contributed by atoms with E-state index in [-0.39, 0.29) is 12.5 Å². The SMILES string of the molecule is O=C(O)[C@H]1CCCC[C@H]1C(=O)NCc1nn[nH]n1. The molecule has 1 heterocycles. The molecule has 0 aliphatic heterocycles. The molecular weight excluding hydrogens is 238 g/mol. The van der Waals surface area contributed by atoms with Crippen molar-refractivity contribution >= 4 is 11.9 Å². The number of carbonyl (C=O) groups is 2. The number of rotatable bonds is 4. The third kappa shape index (κ3) is 2.82. The van der Waals surface area contributed by atoms with E-state index in [0.717, 1.165) is 12.8 Å². The van der Waals surface area contributed by atoms with Gasteiger partial charge in [0.05, 0.1) is 18.4 Å². The van der Waals surface area contributed by atoms with Crippen LogP contribution in [0.15, 0.2) is 0 Å². The zero-order valence-electron chi connectivity index (χ0n) is 9.80. The number of hydrogen-bond donors (Lipinski definition) is 3. The molecule has 0 unspecified atom stereocenters. The number of carboxylic acids is 1. The fraction of sp³-hybridized carbons (Fsp3) is 0.700. The molecule has 1 fully saturated rings. The van der Waals surface area contributed by atoms with E-state index in [4.69, 9.17) is 5.11 Å². The van der Waals surface area contributed by atoms with Gasteiger partial charge in [0.2, 0.25) is 5.91 Å². The molecule has 1 aromatic heterocycles. The summed E-state index contributed by atoms with van der Waals surface area (Å²) < 4.78 is 0. The van der Waals surface area contributed by atoms with E-state index < -0.39 is 17.8 Å². The van der Waals surface area contributed by atoms with Crippen molar-refractivity contribution in [2.75, 3.05) is 0 Å². The van der Waals surface area contributed by atoms with Gasteiger partial charge in [0, 0.05) is 0 Å². The number of tetrazole rings is 1. The van der Waals surface area contributed by atoms with Gasteiger partial charge in [-0.05, 0) is 12.8 Å². The molecule has 98 valence electrons. The summed E-state index contributed by atoms with van der Waals surface area (Å²) in [5.74, 6) is -1.79. The van der Waals surface area contributed by atoms with Crippen LogP contribution in [-0.2, 0) is 16.1 Å². The molecule has 2 atom stereocenters. The zero-order valence-corrected chi connectivity index (χ0v) is 9.80. The Bertz CT molecular complexity index is 419. The van der Waals surface area contributed by atoms with Gasteiger partial charge >= 0.3 is 5.97 Å². The Hall–Kier alpha value is -1.99. The third-order valence-corrected chi connectivity index (χ3v) is 3.23. The summed E-state index contributed by atoms with van der Waals surface area (Å²) in [7, 11) is 0. The summed E-state index contributed by atoms with van der Waals surface area (Å²) in [4.78, 5) is 23.0. The van der Waals surface area contributed by atoms with Crippen molar-refractivity contribution < 1.29 is 14.7 Å². The average Bonchev–Trinajstić information content (AvgIpc) is 2.89. The van der Waals surface area contributed by atoms with Crippen LogP contribution in [0.3, 0.4) is 0 Å². The lowest BCUT2D eigenvalue weighted by atomic mass is 9.79. The van der Waals surface area contributed by atoms with Gasteiger partial charge in [0.15, 0.2) is 5.82 Å².